The third-order valence-corrected chi connectivity index (χ3v) is 4.86. The first-order valence-electron chi connectivity index (χ1n) is 6.40. The van der Waals surface area contributed by atoms with Gasteiger partial charge < -0.3 is 10.0 Å². The molecule has 1 aromatic heterocycles. The Morgan fingerprint density at radius 2 is 2.00 bits per heavy atom. The van der Waals surface area contributed by atoms with Crippen LogP contribution in [0.2, 0.25) is 10.0 Å². The summed E-state index contributed by atoms with van der Waals surface area (Å²) in [5.74, 6) is -0.774. The second kappa shape index (κ2) is 7.27. The quantitative estimate of drug-likeness (QED) is 0.831. The number of nitrogens with zero attached hydrogens (tertiary/aromatic N) is 1. The van der Waals surface area contributed by atoms with Gasteiger partial charge in [0.1, 0.15) is 0 Å². The smallest absolute Gasteiger partial charge is 0.304 e. The molecule has 112 valence electrons. The number of carboxylic acid groups (broad SMARTS) is 1. The lowest BCUT2D eigenvalue weighted by Gasteiger charge is -2.13. The molecular weight excluding hydrogens is 329 g/mol. The maximum atomic E-state index is 10.6. The van der Waals surface area contributed by atoms with Crippen molar-refractivity contribution in [1.29, 1.82) is 0 Å². The number of thiophene rings is 1. The molecule has 0 aliphatic rings. The summed E-state index contributed by atoms with van der Waals surface area (Å²) in [5.41, 5.74) is 1.04. The van der Waals surface area contributed by atoms with E-state index in [1.165, 1.54) is 4.88 Å². The molecule has 21 heavy (non-hydrogen) atoms. The SMILES string of the molecule is CN(CCC(=O)O)Cc1ccc(-c2ccc(Cl)c(Cl)c2)s1. The third kappa shape index (κ3) is 4.71. The van der Waals surface area contributed by atoms with Crippen LogP contribution in [0.15, 0.2) is 30.3 Å². The molecule has 0 aliphatic carbocycles. The molecule has 1 N–H and O–H groups in total. The van der Waals surface area contributed by atoms with Gasteiger partial charge in [0.15, 0.2) is 0 Å². The summed E-state index contributed by atoms with van der Waals surface area (Å²) < 4.78 is 0. The Morgan fingerprint density at radius 3 is 2.67 bits per heavy atom. The molecule has 0 aliphatic heterocycles. The molecule has 2 rings (SSSR count). The van der Waals surface area contributed by atoms with Gasteiger partial charge in [-0.3, -0.25) is 4.79 Å². The van der Waals surface area contributed by atoms with Crippen molar-refractivity contribution in [2.45, 2.75) is 13.0 Å². The Labute approximate surface area is 137 Å². The van der Waals surface area contributed by atoms with Gasteiger partial charge >= 0.3 is 5.97 Å². The van der Waals surface area contributed by atoms with Crippen molar-refractivity contribution in [3.63, 3.8) is 0 Å². The van der Waals surface area contributed by atoms with E-state index in [1.54, 1.807) is 17.4 Å². The van der Waals surface area contributed by atoms with E-state index in [2.05, 4.69) is 6.07 Å². The molecule has 1 heterocycles. The van der Waals surface area contributed by atoms with Crippen molar-refractivity contribution >= 4 is 40.5 Å². The Kier molecular flexibility index (Phi) is 5.65. The number of hydrogen-bond acceptors (Lipinski definition) is 3. The lowest BCUT2D eigenvalue weighted by molar-refractivity contribution is -0.137. The Balaban J connectivity index is 2.04. The van der Waals surface area contributed by atoms with E-state index in [1.807, 2.05) is 30.1 Å². The van der Waals surface area contributed by atoms with Crippen LogP contribution in [0.5, 0.6) is 0 Å². The normalized spacial score (nSPS) is 11.0. The number of benzene rings is 1. The number of carboxylic acids is 1. The minimum atomic E-state index is -0.774. The average molecular weight is 344 g/mol. The molecule has 0 saturated carbocycles. The predicted octanol–water partition coefficient (Wildman–Crippen LogP) is 4.63. The van der Waals surface area contributed by atoms with Gasteiger partial charge in [-0.1, -0.05) is 29.3 Å². The highest BCUT2D eigenvalue weighted by molar-refractivity contribution is 7.15. The predicted molar refractivity (Wildman–Crippen MR) is 88.4 cm³/mol. The van der Waals surface area contributed by atoms with Gasteiger partial charge in [0.2, 0.25) is 0 Å². The van der Waals surface area contributed by atoms with Crippen LogP contribution in [-0.2, 0) is 11.3 Å². The van der Waals surface area contributed by atoms with Gasteiger partial charge in [-0.15, -0.1) is 11.3 Å². The molecule has 1 aromatic carbocycles. The summed E-state index contributed by atoms with van der Waals surface area (Å²) in [6.45, 7) is 1.27. The van der Waals surface area contributed by atoms with Crippen LogP contribution in [0.3, 0.4) is 0 Å². The number of rotatable bonds is 6. The van der Waals surface area contributed by atoms with Crippen LogP contribution >= 0.6 is 34.5 Å². The third-order valence-electron chi connectivity index (χ3n) is 3.00. The van der Waals surface area contributed by atoms with Crippen molar-refractivity contribution in [1.82, 2.24) is 4.90 Å². The molecule has 0 atom stereocenters. The number of carbonyl (C=O) groups is 1. The molecular formula is C15H15Cl2NO2S. The van der Waals surface area contributed by atoms with Gasteiger partial charge in [0.25, 0.3) is 0 Å². The highest BCUT2D eigenvalue weighted by Gasteiger charge is 2.08. The molecule has 0 bridgehead atoms. The van der Waals surface area contributed by atoms with E-state index in [4.69, 9.17) is 28.3 Å². The fraction of sp³-hybridized carbons (Fsp3) is 0.267. The molecule has 0 unspecified atom stereocenters. The topological polar surface area (TPSA) is 40.5 Å². The standard InChI is InChI=1S/C15H15Cl2NO2S/c1-18(7-6-15(19)20)9-11-3-5-14(21-11)10-2-4-12(16)13(17)8-10/h2-5,8H,6-7,9H2,1H3,(H,19,20). The lowest BCUT2D eigenvalue weighted by atomic mass is 10.2. The summed E-state index contributed by atoms with van der Waals surface area (Å²) in [7, 11) is 1.92. The molecule has 0 amide bonds. The maximum absolute atomic E-state index is 10.6. The maximum Gasteiger partial charge on any atom is 0.304 e. The van der Waals surface area contributed by atoms with E-state index in [9.17, 15) is 4.79 Å². The first-order valence-corrected chi connectivity index (χ1v) is 7.97. The molecule has 3 nitrogen and oxygen atoms in total. The molecule has 0 saturated heterocycles. The largest absolute Gasteiger partial charge is 0.481 e. The number of hydrogen-bond donors (Lipinski definition) is 1. The van der Waals surface area contributed by atoms with Crippen molar-refractivity contribution in [3.8, 4) is 10.4 Å². The Morgan fingerprint density at radius 1 is 1.24 bits per heavy atom. The summed E-state index contributed by atoms with van der Waals surface area (Å²) in [5, 5.41) is 9.77. The zero-order chi connectivity index (χ0) is 15.4. The second-order valence-electron chi connectivity index (χ2n) is 4.78. The van der Waals surface area contributed by atoms with E-state index in [-0.39, 0.29) is 6.42 Å². The summed E-state index contributed by atoms with van der Waals surface area (Å²) in [6.07, 6.45) is 0.154. The monoisotopic (exact) mass is 343 g/mol. The number of aliphatic carboxylic acids is 1. The highest BCUT2D eigenvalue weighted by atomic mass is 35.5. The van der Waals surface area contributed by atoms with Crippen LogP contribution in [0, 0.1) is 0 Å². The Bertz CT molecular complexity index is 642. The average Bonchev–Trinajstić information content (AvgIpc) is 2.88. The van der Waals surface area contributed by atoms with Crippen molar-refractivity contribution < 1.29 is 9.90 Å². The minimum absolute atomic E-state index is 0.154. The Hall–Kier alpha value is -1.07. The molecule has 0 radical (unpaired) electrons. The van der Waals surface area contributed by atoms with E-state index >= 15 is 0 Å². The minimum Gasteiger partial charge on any atom is -0.481 e. The summed E-state index contributed by atoms with van der Waals surface area (Å²) in [4.78, 5) is 14.9. The second-order valence-corrected chi connectivity index (χ2v) is 6.76. The fourth-order valence-electron chi connectivity index (χ4n) is 1.90. The van der Waals surface area contributed by atoms with Gasteiger partial charge in [0.05, 0.1) is 16.5 Å². The van der Waals surface area contributed by atoms with Crippen LogP contribution in [0.4, 0.5) is 0 Å². The summed E-state index contributed by atoms with van der Waals surface area (Å²) >= 11 is 13.6. The summed E-state index contributed by atoms with van der Waals surface area (Å²) in [6, 6.07) is 9.69. The zero-order valence-corrected chi connectivity index (χ0v) is 13.8. The van der Waals surface area contributed by atoms with Crippen molar-refractivity contribution in [2.75, 3.05) is 13.6 Å². The van der Waals surface area contributed by atoms with Gasteiger partial charge in [-0.05, 0) is 36.9 Å². The van der Waals surface area contributed by atoms with Crippen molar-refractivity contribution in [3.05, 3.63) is 45.3 Å². The van der Waals surface area contributed by atoms with Crippen LogP contribution in [-0.4, -0.2) is 29.6 Å². The van der Waals surface area contributed by atoms with Gasteiger partial charge in [0, 0.05) is 22.8 Å². The zero-order valence-electron chi connectivity index (χ0n) is 11.5. The first-order chi connectivity index (χ1) is 9.95. The van der Waals surface area contributed by atoms with Crippen LogP contribution in [0.25, 0.3) is 10.4 Å². The van der Waals surface area contributed by atoms with Gasteiger partial charge in [-0.2, -0.15) is 0 Å². The van der Waals surface area contributed by atoms with E-state index in [0.717, 1.165) is 17.0 Å². The molecule has 2 aromatic rings. The van der Waals surface area contributed by atoms with Crippen LogP contribution in [0.1, 0.15) is 11.3 Å². The lowest BCUT2D eigenvalue weighted by Crippen LogP contribution is -2.20. The van der Waals surface area contributed by atoms with Gasteiger partial charge in [-0.25, -0.2) is 0 Å². The highest BCUT2D eigenvalue weighted by Crippen LogP contribution is 2.33. The molecule has 6 heteroatoms. The van der Waals surface area contributed by atoms with Crippen molar-refractivity contribution in [2.24, 2.45) is 0 Å². The molecule has 0 spiro atoms. The molecule has 0 fully saturated rings. The number of halogens is 2. The fourth-order valence-corrected chi connectivity index (χ4v) is 3.28. The van der Waals surface area contributed by atoms with E-state index in [0.29, 0.717) is 16.6 Å². The van der Waals surface area contributed by atoms with E-state index < -0.39 is 5.97 Å². The van der Waals surface area contributed by atoms with Crippen LogP contribution < -0.4 is 0 Å². The first kappa shape index (κ1) is 16.3.